The zero-order valence-electron chi connectivity index (χ0n) is 13.9. The molecule has 0 saturated heterocycles. The third-order valence-electron chi connectivity index (χ3n) is 4.22. The first-order valence-corrected chi connectivity index (χ1v) is 7.74. The van der Waals surface area contributed by atoms with Gasteiger partial charge in [0.25, 0.3) is 0 Å². The largest absolute Gasteiger partial charge is 0.573 e. The molecular weight excluding hydrogens is 323 g/mol. The van der Waals surface area contributed by atoms with Crippen LogP contribution >= 0.6 is 0 Å². The molecule has 1 aromatic rings. The van der Waals surface area contributed by atoms with E-state index < -0.39 is 23.6 Å². The molecule has 1 aliphatic carbocycles. The van der Waals surface area contributed by atoms with Crippen LogP contribution in [-0.2, 0) is 4.79 Å². The van der Waals surface area contributed by atoms with E-state index in [9.17, 15) is 23.1 Å². The highest BCUT2D eigenvalue weighted by atomic mass is 19.4. The van der Waals surface area contributed by atoms with E-state index in [1.165, 1.54) is 18.2 Å². The topological polar surface area (TPSA) is 58.6 Å². The first-order chi connectivity index (χ1) is 10.9. The molecule has 2 atom stereocenters. The Bertz CT molecular complexity index is 615. The number of hydrogen-bond acceptors (Lipinski definition) is 3. The summed E-state index contributed by atoms with van der Waals surface area (Å²) in [6.07, 6.45) is -3.84. The first-order valence-electron chi connectivity index (χ1n) is 7.74. The molecule has 2 unspecified atom stereocenters. The summed E-state index contributed by atoms with van der Waals surface area (Å²) in [5.41, 5.74) is -0.756. The molecule has 0 radical (unpaired) electrons. The summed E-state index contributed by atoms with van der Waals surface area (Å²) in [5.74, 6) is -0.715. The normalized spacial score (nSPS) is 26.7. The predicted octanol–water partition coefficient (Wildman–Crippen LogP) is 4.10. The van der Waals surface area contributed by atoms with Crippen molar-refractivity contribution < 1.29 is 27.8 Å². The quantitative estimate of drug-likeness (QED) is 0.867. The van der Waals surface area contributed by atoms with Crippen molar-refractivity contribution in [3.63, 3.8) is 0 Å². The van der Waals surface area contributed by atoms with Gasteiger partial charge in [-0.25, -0.2) is 0 Å². The molecule has 0 aromatic heterocycles. The van der Waals surface area contributed by atoms with Crippen molar-refractivity contribution >= 4 is 11.6 Å². The van der Waals surface area contributed by atoms with Gasteiger partial charge in [-0.1, -0.05) is 26.8 Å². The fourth-order valence-electron chi connectivity index (χ4n) is 3.66. The lowest BCUT2D eigenvalue weighted by molar-refractivity contribution is -0.274. The number of aliphatic hydroxyl groups excluding tert-OH is 1. The summed E-state index contributed by atoms with van der Waals surface area (Å²) in [6.45, 7) is 5.74. The Morgan fingerprint density at radius 3 is 2.54 bits per heavy atom. The highest BCUT2D eigenvalue weighted by Gasteiger charge is 2.45. The van der Waals surface area contributed by atoms with Gasteiger partial charge in [0.2, 0.25) is 5.91 Å². The summed E-state index contributed by atoms with van der Waals surface area (Å²) in [7, 11) is 0. The summed E-state index contributed by atoms with van der Waals surface area (Å²) < 4.78 is 40.7. The minimum absolute atomic E-state index is 0.189. The van der Waals surface area contributed by atoms with Crippen molar-refractivity contribution in [2.75, 3.05) is 5.32 Å². The monoisotopic (exact) mass is 345 g/mol. The van der Waals surface area contributed by atoms with Crippen LogP contribution in [0.15, 0.2) is 24.3 Å². The van der Waals surface area contributed by atoms with Gasteiger partial charge in [-0.05, 0) is 36.8 Å². The summed E-state index contributed by atoms with van der Waals surface area (Å²) in [6, 6.07) is 5.16. The first kappa shape index (κ1) is 18.6. The van der Waals surface area contributed by atoms with Gasteiger partial charge in [0.05, 0.1) is 6.10 Å². The van der Waals surface area contributed by atoms with E-state index in [1.54, 1.807) is 6.92 Å². The molecule has 24 heavy (non-hydrogen) atoms. The molecule has 7 heteroatoms. The molecule has 1 fully saturated rings. The van der Waals surface area contributed by atoms with Gasteiger partial charge in [0.15, 0.2) is 0 Å². The Morgan fingerprint density at radius 2 is 1.96 bits per heavy atom. The number of carbonyl (C=O) groups is 1. The van der Waals surface area contributed by atoms with Gasteiger partial charge >= 0.3 is 6.36 Å². The Balaban J connectivity index is 2.13. The maximum atomic E-state index is 12.6. The lowest BCUT2D eigenvalue weighted by atomic mass is 9.63. The Morgan fingerprint density at radius 1 is 1.29 bits per heavy atom. The van der Waals surface area contributed by atoms with Crippen LogP contribution in [0.3, 0.4) is 0 Å². The molecule has 2 N–H and O–H groups in total. The van der Waals surface area contributed by atoms with Gasteiger partial charge in [-0.3, -0.25) is 4.79 Å². The van der Waals surface area contributed by atoms with Crippen molar-refractivity contribution in [2.45, 2.75) is 52.5 Å². The van der Waals surface area contributed by atoms with Crippen LogP contribution in [0.2, 0.25) is 0 Å². The van der Waals surface area contributed by atoms with Crippen molar-refractivity contribution in [2.24, 2.45) is 10.8 Å². The van der Waals surface area contributed by atoms with E-state index in [1.807, 2.05) is 13.8 Å². The molecule has 0 heterocycles. The van der Waals surface area contributed by atoms with Gasteiger partial charge in [0.1, 0.15) is 5.75 Å². The van der Waals surface area contributed by atoms with E-state index in [0.717, 1.165) is 6.07 Å². The number of carbonyl (C=O) groups excluding carboxylic acids is 1. The fraction of sp³-hybridized carbons (Fsp3) is 0.588. The Kier molecular flexibility index (Phi) is 4.86. The minimum atomic E-state index is -4.79. The number of ether oxygens (including phenoxy) is 1. The number of halogens is 3. The number of amides is 1. The molecule has 1 aromatic carbocycles. The average molecular weight is 345 g/mol. The Hall–Kier alpha value is -1.76. The van der Waals surface area contributed by atoms with Crippen molar-refractivity contribution in [1.82, 2.24) is 0 Å². The smallest absolute Gasteiger partial charge is 0.406 e. The van der Waals surface area contributed by atoms with E-state index in [0.29, 0.717) is 19.3 Å². The summed E-state index contributed by atoms with van der Waals surface area (Å²) in [5, 5.41) is 12.7. The van der Waals surface area contributed by atoms with Crippen molar-refractivity contribution in [3.05, 3.63) is 24.3 Å². The maximum Gasteiger partial charge on any atom is 0.573 e. The van der Waals surface area contributed by atoms with E-state index in [4.69, 9.17) is 0 Å². The number of benzene rings is 1. The third-order valence-corrected chi connectivity index (χ3v) is 4.22. The van der Waals surface area contributed by atoms with Crippen molar-refractivity contribution in [1.29, 1.82) is 0 Å². The van der Waals surface area contributed by atoms with Crippen LogP contribution in [0.4, 0.5) is 18.9 Å². The predicted molar refractivity (Wildman–Crippen MR) is 83.5 cm³/mol. The molecule has 0 spiro atoms. The fourth-order valence-corrected chi connectivity index (χ4v) is 3.66. The van der Waals surface area contributed by atoms with E-state index >= 15 is 0 Å². The summed E-state index contributed by atoms with van der Waals surface area (Å²) in [4.78, 5) is 12.6. The zero-order chi connectivity index (χ0) is 18.2. The second-order valence-electron chi connectivity index (χ2n) is 7.49. The molecule has 0 aliphatic heterocycles. The van der Waals surface area contributed by atoms with Crippen LogP contribution in [0.1, 0.15) is 40.0 Å². The number of aliphatic hydroxyl groups is 1. The van der Waals surface area contributed by atoms with Gasteiger partial charge in [0, 0.05) is 17.2 Å². The zero-order valence-corrected chi connectivity index (χ0v) is 13.9. The molecule has 0 bridgehead atoms. The SMILES string of the molecule is CC1(C)CC(O)CC(C)(C(=O)Nc2cccc(OC(F)(F)F)c2)C1. The second-order valence-corrected chi connectivity index (χ2v) is 7.49. The van der Waals surface area contributed by atoms with Crippen molar-refractivity contribution in [3.8, 4) is 5.75 Å². The number of alkyl halides is 3. The van der Waals surface area contributed by atoms with E-state index in [-0.39, 0.29) is 17.0 Å². The Labute approximate surface area is 139 Å². The maximum absolute atomic E-state index is 12.6. The number of anilines is 1. The van der Waals surface area contributed by atoms with Gasteiger partial charge < -0.3 is 15.2 Å². The molecular formula is C17H22F3NO3. The van der Waals surface area contributed by atoms with Crippen LogP contribution in [0.25, 0.3) is 0 Å². The lowest BCUT2D eigenvalue weighted by Gasteiger charge is -2.44. The molecule has 1 saturated carbocycles. The summed E-state index contributed by atoms with van der Waals surface area (Å²) >= 11 is 0. The number of hydrogen-bond donors (Lipinski definition) is 2. The standard InChI is InChI=1S/C17H22F3NO3/c1-15(2)8-12(22)9-16(3,10-15)14(23)21-11-5-4-6-13(7-11)24-17(18,19)20/h4-7,12,22H,8-10H2,1-3H3,(H,21,23). The minimum Gasteiger partial charge on any atom is -0.406 e. The van der Waals surface area contributed by atoms with Gasteiger partial charge in [-0.2, -0.15) is 0 Å². The highest BCUT2D eigenvalue weighted by molar-refractivity contribution is 5.95. The number of rotatable bonds is 3. The van der Waals surface area contributed by atoms with Crippen LogP contribution < -0.4 is 10.1 Å². The molecule has 2 rings (SSSR count). The average Bonchev–Trinajstić information content (AvgIpc) is 2.33. The molecule has 4 nitrogen and oxygen atoms in total. The second kappa shape index (κ2) is 6.27. The lowest BCUT2D eigenvalue weighted by Crippen LogP contribution is -2.45. The molecule has 134 valence electrons. The van der Waals surface area contributed by atoms with Crippen LogP contribution in [0, 0.1) is 10.8 Å². The van der Waals surface area contributed by atoms with Crippen LogP contribution in [0.5, 0.6) is 5.75 Å². The molecule has 1 amide bonds. The molecule has 1 aliphatic rings. The third kappa shape index (κ3) is 4.87. The van der Waals surface area contributed by atoms with E-state index in [2.05, 4.69) is 10.1 Å². The highest BCUT2D eigenvalue weighted by Crippen LogP contribution is 2.46. The number of nitrogens with one attached hydrogen (secondary N) is 1. The van der Waals surface area contributed by atoms with Gasteiger partial charge in [-0.15, -0.1) is 13.2 Å². The van der Waals surface area contributed by atoms with Crippen LogP contribution in [-0.4, -0.2) is 23.5 Å².